The van der Waals surface area contributed by atoms with Crippen LogP contribution in [0.15, 0.2) is 48.5 Å². The molecule has 0 radical (unpaired) electrons. The Balaban J connectivity index is 1.42. The number of nitrogens with two attached hydrogens (primary N) is 1. The number of nitrogens with one attached hydrogen (secondary N) is 2. The summed E-state index contributed by atoms with van der Waals surface area (Å²) in [7, 11) is 2.08. The summed E-state index contributed by atoms with van der Waals surface area (Å²) in [6.07, 6.45) is 0. The van der Waals surface area contributed by atoms with Gasteiger partial charge in [-0.25, -0.2) is 9.97 Å². The van der Waals surface area contributed by atoms with Gasteiger partial charge in [0.15, 0.2) is 5.65 Å². The van der Waals surface area contributed by atoms with Gasteiger partial charge in [-0.3, -0.25) is 4.90 Å². The van der Waals surface area contributed by atoms with Crippen LogP contribution >= 0.6 is 23.2 Å². The van der Waals surface area contributed by atoms with Crippen LogP contribution in [-0.4, -0.2) is 31.9 Å². The topological polar surface area (TPSA) is 86.6 Å². The van der Waals surface area contributed by atoms with Crippen LogP contribution in [0.5, 0.6) is 0 Å². The van der Waals surface area contributed by atoms with E-state index in [0.717, 1.165) is 52.2 Å². The molecule has 0 spiro atoms. The van der Waals surface area contributed by atoms with Crippen molar-refractivity contribution in [3.63, 3.8) is 0 Å². The number of aromatic amines is 2. The average Bonchev–Trinajstić information content (AvgIpc) is 3.28. The number of hydrogen-bond donors (Lipinski definition) is 3. The molecule has 162 valence electrons. The molecule has 0 bridgehead atoms. The SMILES string of the molecule is Cc1nc2nc(N)cc(-c3cc4cc(CN(C)Cc5cc(Cl)cc(Cl)c5)ccc4[nH]3)c2[nH]1. The van der Waals surface area contributed by atoms with Crippen LogP contribution in [0.25, 0.3) is 33.3 Å². The number of hydrogen-bond acceptors (Lipinski definition) is 4. The molecule has 0 atom stereocenters. The van der Waals surface area contributed by atoms with E-state index in [-0.39, 0.29) is 0 Å². The van der Waals surface area contributed by atoms with E-state index >= 15 is 0 Å². The van der Waals surface area contributed by atoms with Crippen molar-refractivity contribution in [2.45, 2.75) is 20.0 Å². The molecule has 0 fully saturated rings. The molecular formula is C24H22Cl2N6. The molecule has 0 aliphatic rings. The van der Waals surface area contributed by atoms with E-state index in [1.807, 2.05) is 25.1 Å². The number of H-pyrrole nitrogens is 2. The summed E-state index contributed by atoms with van der Waals surface area (Å²) in [4.78, 5) is 17.8. The van der Waals surface area contributed by atoms with Gasteiger partial charge in [0.05, 0.1) is 5.52 Å². The molecule has 5 aromatic rings. The van der Waals surface area contributed by atoms with Gasteiger partial charge in [0.25, 0.3) is 0 Å². The van der Waals surface area contributed by atoms with E-state index in [4.69, 9.17) is 28.9 Å². The van der Waals surface area contributed by atoms with Gasteiger partial charge < -0.3 is 15.7 Å². The maximum atomic E-state index is 6.14. The first-order valence-corrected chi connectivity index (χ1v) is 11.0. The number of halogens is 2. The van der Waals surface area contributed by atoms with Crippen LogP contribution < -0.4 is 5.73 Å². The molecule has 3 aromatic heterocycles. The number of benzene rings is 2. The van der Waals surface area contributed by atoms with Crippen LogP contribution in [0.1, 0.15) is 17.0 Å². The highest BCUT2D eigenvalue weighted by molar-refractivity contribution is 6.34. The fraction of sp³-hybridized carbons (Fsp3) is 0.167. The van der Waals surface area contributed by atoms with Crippen molar-refractivity contribution in [1.29, 1.82) is 0 Å². The largest absolute Gasteiger partial charge is 0.384 e. The Morgan fingerprint density at radius 3 is 2.44 bits per heavy atom. The fourth-order valence-electron chi connectivity index (χ4n) is 4.14. The van der Waals surface area contributed by atoms with Gasteiger partial charge in [-0.1, -0.05) is 29.3 Å². The predicted octanol–water partition coefficient (Wildman–Crippen LogP) is 5.94. The molecule has 3 heterocycles. The van der Waals surface area contributed by atoms with E-state index in [0.29, 0.717) is 21.5 Å². The van der Waals surface area contributed by atoms with Gasteiger partial charge >= 0.3 is 0 Å². The lowest BCUT2D eigenvalue weighted by molar-refractivity contribution is 0.319. The summed E-state index contributed by atoms with van der Waals surface area (Å²) in [5, 5.41) is 2.44. The number of pyridine rings is 1. The van der Waals surface area contributed by atoms with Crippen molar-refractivity contribution < 1.29 is 0 Å². The summed E-state index contributed by atoms with van der Waals surface area (Å²) in [6, 6.07) is 16.1. The van der Waals surface area contributed by atoms with Crippen molar-refractivity contribution in [2.24, 2.45) is 0 Å². The number of rotatable bonds is 5. The normalized spacial score (nSPS) is 11.8. The Kier molecular flexibility index (Phi) is 5.29. The highest BCUT2D eigenvalue weighted by Gasteiger charge is 2.13. The number of aryl methyl sites for hydroxylation is 1. The minimum absolute atomic E-state index is 0.445. The van der Waals surface area contributed by atoms with E-state index in [1.165, 1.54) is 5.56 Å². The average molecular weight is 465 g/mol. The molecule has 6 nitrogen and oxygen atoms in total. The maximum Gasteiger partial charge on any atom is 0.180 e. The van der Waals surface area contributed by atoms with Gasteiger partial charge in [0, 0.05) is 45.3 Å². The highest BCUT2D eigenvalue weighted by atomic mass is 35.5. The summed E-state index contributed by atoms with van der Waals surface area (Å²) in [6.45, 7) is 3.46. The third-order valence-corrected chi connectivity index (χ3v) is 5.84. The van der Waals surface area contributed by atoms with Crippen LogP contribution in [0.2, 0.25) is 10.0 Å². The number of fused-ring (bicyclic) bond motifs is 2. The second-order valence-corrected chi connectivity index (χ2v) is 9.04. The van der Waals surface area contributed by atoms with E-state index in [1.54, 1.807) is 6.07 Å². The van der Waals surface area contributed by atoms with Gasteiger partial charge in [0.1, 0.15) is 11.6 Å². The van der Waals surface area contributed by atoms with Crippen molar-refractivity contribution in [2.75, 3.05) is 12.8 Å². The second-order valence-electron chi connectivity index (χ2n) is 8.17. The van der Waals surface area contributed by atoms with E-state index in [2.05, 4.69) is 56.1 Å². The zero-order valence-corrected chi connectivity index (χ0v) is 19.2. The summed E-state index contributed by atoms with van der Waals surface area (Å²) in [5.74, 6) is 1.25. The van der Waals surface area contributed by atoms with Gasteiger partial charge in [-0.2, -0.15) is 0 Å². The van der Waals surface area contributed by atoms with Crippen molar-refractivity contribution in [3.8, 4) is 11.3 Å². The molecule has 0 aliphatic heterocycles. The van der Waals surface area contributed by atoms with Crippen LogP contribution in [0, 0.1) is 6.92 Å². The first kappa shape index (κ1) is 20.8. The third-order valence-electron chi connectivity index (χ3n) is 5.40. The lowest BCUT2D eigenvalue weighted by atomic mass is 10.1. The Labute approximate surface area is 195 Å². The van der Waals surface area contributed by atoms with Crippen LogP contribution in [0.3, 0.4) is 0 Å². The molecule has 32 heavy (non-hydrogen) atoms. The fourth-order valence-corrected chi connectivity index (χ4v) is 4.71. The van der Waals surface area contributed by atoms with Gasteiger partial charge in [-0.05, 0) is 67.6 Å². The van der Waals surface area contributed by atoms with Crippen molar-refractivity contribution in [1.82, 2.24) is 24.8 Å². The highest BCUT2D eigenvalue weighted by Crippen LogP contribution is 2.31. The van der Waals surface area contributed by atoms with Crippen LogP contribution in [-0.2, 0) is 13.1 Å². The maximum absolute atomic E-state index is 6.14. The molecule has 2 aromatic carbocycles. The van der Waals surface area contributed by atoms with Gasteiger partial charge in [-0.15, -0.1) is 0 Å². The first-order chi connectivity index (χ1) is 15.3. The first-order valence-electron chi connectivity index (χ1n) is 10.2. The molecular weight excluding hydrogens is 443 g/mol. The minimum atomic E-state index is 0.445. The number of nitrogens with zero attached hydrogens (tertiary/aromatic N) is 3. The monoisotopic (exact) mass is 464 g/mol. The summed E-state index contributed by atoms with van der Waals surface area (Å²) < 4.78 is 0. The summed E-state index contributed by atoms with van der Waals surface area (Å²) >= 11 is 12.3. The zero-order chi connectivity index (χ0) is 22.4. The molecule has 0 unspecified atom stereocenters. The Morgan fingerprint density at radius 1 is 0.906 bits per heavy atom. The van der Waals surface area contributed by atoms with E-state index in [9.17, 15) is 0 Å². The Bertz CT molecular complexity index is 1430. The number of imidazole rings is 1. The second kappa shape index (κ2) is 8.13. The molecule has 0 aliphatic carbocycles. The smallest absolute Gasteiger partial charge is 0.180 e. The lowest BCUT2D eigenvalue weighted by Crippen LogP contribution is -2.17. The molecule has 0 saturated heterocycles. The number of aromatic nitrogens is 4. The molecule has 5 rings (SSSR count). The quantitative estimate of drug-likeness (QED) is 0.300. The van der Waals surface area contributed by atoms with Gasteiger partial charge in [0.2, 0.25) is 0 Å². The Morgan fingerprint density at radius 2 is 1.66 bits per heavy atom. The predicted molar refractivity (Wildman–Crippen MR) is 132 cm³/mol. The standard InChI is InChI=1S/C24H22Cl2N6/c1-13-28-23-19(10-22(27)31-24(23)29-13)21-8-16-5-14(3-4-20(16)30-21)11-32(2)12-15-6-17(25)9-18(26)7-15/h3-10,30H,11-12H2,1-2H3,(H3,27,28,29,31). The number of nitrogen functional groups attached to an aromatic ring is 1. The van der Waals surface area contributed by atoms with Crippen LogP contribution in [0.4, 0.5) is 5.82 Å². The molecule has 8 heteroatoms. The third kappa shape index (κ3) is 4.17. The minimum Gasteiger partial charge on any atom is -0.384 e. The molecule has 4 N–H and O–H groups in total. The molecule has 0 amide bonds. The van der Waals surface area contributed by atoms with E-state index < -0.39 is 0 Å². The summed E-state index contributed by atoms with van der Waals surface area (Å²) in [5.41, 5.74) is 12.8. The number of anilines is 1. The van der Waals surface area contributed by atoms with Crippen molar-refractivity contribution in [3.05, 3.63) is 75.5 Å². The van der Waals surface area contributed by atoms with Crippen molar-refractivity contribution >= 4 is 51.1 Å². The zero-order valence-electron chi connectivity index (χ0n) is 17.7. The lowest BCUT2D eigenvalue weighted by Gasteiger charge is -2.17. The molecule has 0 saturated carbocycles. The Hall–Kier alpha value is -3.06.